The number of nitriles is 1. The molecule has 1 aromatic heterocycles. The number of nitrogens with one attached hydrogen (secondary N) is 1. The van der Waals surface area contributed by atoms with Crippen LogP contribution < -0.4 is 0 Å². The number of H-pyrrole nitrogens is 1. The zero-order chi connectivity index (χ0) is 16.0. The maximum absolute atomic E-state index is 9.72. The van der Waals surface area contributed by atoms with E-state index in [1.165, 1.54) is 22.2 Å². The van der Waals surface area contributed by atoms with Crippen LogP contribution in [0.1, 0.15) is 36.4 Å². The number of fused-ring (bicyclic) bond motifs is 1. The van der Waals surface area contributed by atoms with E-state index in [4.69, 9.17) is 4.43 Å². The molecule has 1 aromatic carbocycles. The number of rotatable bonds is 3. The molecule has 4 heteroatoms. The number of aryl methyl sites for hydroxylation is 1. The van der Waals surface area contributed by atoms with E-state index < -0.39 is 13.9 Å². The Balaban J connectivity index is 1.94. The van der Waals surface area contributed by atoms with Crippen molar-refractivity contribution in [1.82, 2.24) is 4.98 Å². The molecule has 0 aliphatic heterocycles. The Morgan fingerprint density at radius 3 is 2.73 bits per heavy atom. The summed E-state index contributed by atoms with van der Waals surface area (Å²) in [7, 11) is -1.73. The molecule has 1 aliphatic carbocycles. The lowest BCUT2D eigenvalue weighted by atomic mass is 9.93. The Morgan fingerprint density at radius 2 is 2.05 bits per heavy atom. The Morgan fingerprint density at radius 1 is 1.32 bits per heavy atom. The molecule has 22 heavy (non-hydrogen) atoms. The molecule has 1 saturated carbocycles. The molecule has 0 bridgehead atoms. The smallest absolute Gasteiger partial charge is 0.185 e. The molecule has 1 heterocycles. The van der Waals surface area contributed by atoms with Gasteiger partial charge in [-0.05, 0) is 63.4 Å². The maximum atomic E-state index is 9.72. The molecule has 0 spiro atoms. The maximum Gasteiger partial charge on any atom is 0.185 e. The highest BCUT2D eigenvalue weighted by Crippen LogP contribution is 2.46. The van der Waals surface area contributed by atoms with E-state index in [1.807, 2.05) is 0 Å². The molecule has 0 saturated heterocycles. The topological polar surface area (TPSA) is 48.8 Å². The van der Waals surface area contributed by atoms with Crippen LogP contribution in [0.2, 0.25) is 19.6 Å². The van der Waals surface area contributed by atoms with Gasteiger partial charge in [0, 0.05) is 16.6 Å². The Kier molecular flexibility index (Phi) is 3.66. The van der Waals surface area contributed by atoms with Crippen molar-refractivity contribution in [2.24, 2.45) is 0 Å². The second-order valence-corrected chi connectivity index (χ2v) is 11.9. The molecule has 3 rings (SSSR count). The minimum atomic E-state index is -1.73. The van der Waals surface area contributed by atoms with Gasteiger partial charge in [-0.25, -0.2) is 0 Å². The highest BCUT2D eigenvalue weighted by Gasteiger charge is 2.44. The second kappa shape index (κ2) is 5.26. The quantitative estimate of drug-likeness (QED) is 0.823. The summed E-state index contributed by atoms with van der Waals surface area (Å²) in [6.45, 7) is 8.63. The van der Waals surface area contributed by atoms with Crippen LogP contribution in [0.15, 0.2) is 24.3 Å². The average molecular weight is 312 g/mol. The van der Waals surface area contributed by atoms with Crippen LogP contribution in [0.25, 0.3) is 10.9 Å². The van der Waals surface area contributed by atoms with Crippen molar-refractivity contribution < 1.29 is 4.43 Å². The first-order valence-corrected chi connectivity index (χ1v) is 11.4. The molecular formula is C18H24N2OSi. The van der Waals surface area contributed by atoms with Crippen molar-refractivity contribution in [2.75, 3.05) is 0 Å². The molecule has 116 valence electrons. The number of benzene rings is 1. The summed E-state index contributed by atoms with van der Waals surface area (Å²) in [6.07, 6.45) is 2.69. The first-order chi connectivity index (χ1) is 10.3. The van der Waals surface area contributed by atoms with Gasteiger partial charge in [0.15, 0.2) is 8.32 Å². The second-order valence-electron chi connectivity index (χ2n) is 7.47. The summed E-state index contributed by atoms with van der Waals surface area (Å²) in [4.78, 5) is 3.48. The van der Waals surface area contributed by atoms with E-state index in [0.717, 1.165) is 19.3 Å². The lowest BCUT2D eigenvalue weighted by Crippen LogP contribution is -2.40. The number of hydrogen-bond donors (Lipinski definition) is 1. The van der Waals surface area contributed by atoms with Crippen molar-refractivity contribution in [3.63, 3.8) is 0 Å². The van der Waals surface area contributed by atoms with Crippen molar-refractivity contribution >= 4 is 19.2 Å². The van der Waals surface area contributed by atoms with Crippen LogP contribution >= 0.6 is 0 Å². The lowest BCUT2D eigenvalue weighted by molar-refractivity contribution is 0.126. The molecule has 2 aromatic rings. The largest absolute Gasteiger partial charge is 0.400 e. The fraction of sp³-hybridized carbons (Fsp3) is 0.500. The van der Waals surface area contributed by atoms with Crippen LogP contribution in [-0.4, -0.2) is 18.9 Å². The SMILES string of the molecule is Cc1[nH]c2ccccc2c1C1CCC(C#N)(O[Si](C)(C)C)C1. The predicted octanol–water partition coefficient (Wildman–Crippen LogP) is 4.86. The third-order valence-electron chi connectivity index (χ3n) is 4.53. The number of nitrogens with zero attached hydrogens (tertiary/aromatic N) is 1. The van der Waals surface area contributed by atoms with Gasteiger partial charge >= 0.3 is 0 Å². The lowest BCUT2D eigenvalue weighted by Gasteiger charge is -2.30. The fourth-order valence-corrected chi connectivity index (χ4v) is 5.29. The zero-order valence-electron chi connectivity index (χ0n) is 13.9. The first-order valence-electron chi connectivity index (χ1n) is 8.02. The molecule has 1 fully saturated rings. The Hall–Kier alpha value is -1.57. The van der Waals surface area contributed by atoms with E-state index in [9.17, 15) is 5.26 Å². The van der Waals surface area contributed by atoms with Gasteiger partial charge in [0.2, 0.25) is 0 Å². The highest BCUT2D eigenvalue weighted by molar-refractivity contribution is 6.69. The highest BCUT2D eigenvalue weighted by atomic mass is 28.4. The third-order valence-corrected chi connectivity index (χ3v) is 5.53. The van der Waals surface area contributed by atoms with E-state index in [-0.39, 0.29) is 0 Å². The fourth-order valence-electron chi connectivity index (χ4n) is 3.88. The number of aromatic amines is 1. The monoisotopic (exact) mass is 312 g/mol. The van der Waals surface area contributed by atoms with Crippen molar-refractivity contribution in [1.29, 1.82) is 5.26 Å². The standard InChI is InChI=1S/C18H24N2OSi/c1-13-17(15-7-5-6-8-16(15)20-13)14-9-10-18(11-14,12-19)21-22(2,3)4/h5-8,14,20H,9-11H2,1-4H3. The van der Waals surface area contributed by atoms with Crippen molar-refractivity contribution in [2.45, 2.75) is 57.3 Å². The summed E-state index contributed by atoms with van der Waals surface area (Å²) < 4.78 is 6.28. The van der Waals surface area contributed by atoms with Gasteiger partial charge in [-0.1, -0.05) is 18.2 Å². The molecule has 0 amide bonds. The van der Waals surface area contributed by atoms with E-state index >= 15 is 0 Å². The van der Waals surface area contributed by atoms with Crippen molar-refractivity contribution in [3.8, 4) is 6.07 Å². The molecule has 1 aliphatic rings. The molecule has 3 nitrogen and oxygen atoms in total. The summed E-state index contributed by atoms with van der Waals surface area (Å²) in [6, 6.07) is 10.9. The number of para-hydroxylation sites is 1. The molecular weight excluding hydrogens is 288 g/mol. The average Bonchev–Trinajstić information content (AvgIpc) is 2.97. The minimum Gasteiger partial charge on any atom is -0.400 e. The van der Waals surface area contributed by atoms with Crippen LogP contribution in [-0.2, 0) is 4.43 Å². The van der Waals surface area contributed by atoms with Gasteiger partial charge in [0.05, 0.1) is 6.07 Å². The molecule has 2 atom stereocenters. The van der Waals surface area contributed by atoms with E-state index in [0.29, 0.717) is 5.92 Å². The van der Waals surface area contributed by atoms with Crippen LogP contribution in [0, 0.1) is 18.3 Å². The number of aromatic nitrogens is 1. The van der Waals surface area contributed by atoms with Crippen molar-refractivity contribution in [3.05, 3.63) is 35.5 Å². The van der Waals surface area contributed by atoms with Gasteiger partial charge < -0.3 is 9.41 Å². The van der Waals surface area contributed by atoms with Crippen LogP contribution in [0.4, 0.5) is 0 Å². The van der Waals surface area contributed by atoms with Gasteiger partial charge in [-0.3, -0.25) is 0 Å². The normalized spacial score (nSPS) is 25.5. The summed E-state index contributed by atoms with van der Waals surface area (Å²) in [5.74, 6) is 0.409. The number of hydrogen-bond acceptors (Lipinski definition) is 2. The zero-order valence-corrected chi connectivity index (χ0v) is 14.9. The van der Waals surface area contributed by atoms with Gasteiger partial charge in [-0.15, -0.1) is 0 Å². The van der Waals surface area contributed by atoms with Crippen LogP contribution in [0.5, 0.6) is 0 Å². The molecule has 0 radical (unpaired) electrons. The van der Waals surface area contributed by atoms with Gasteiger partial charge in [0.1, 0.15) is 5.60 Å². The third kappa shape index (κ3) is 2.71. The first kappa shape index (κ1) is 15.3. The predicted molar refractivity (Wildman–Crippen MR) is 92.4 cm³/mol. The summed E-state index contributed by atoms with van der Waals surface area (Å²) in [5, 5.41) is 11.0. The van der Waals surface area contributed by atoms with Gasteiger partial charge in [0.25, 0.3) is 0 Å². The summed E-state index contributed by atoms with van der Waals surface area (Å²) in [5.41, 5.74) is 3.22. The minimum absolute atomic E-state index is 0.409. The van der Waals surface area contributed by atoms with Gasteiger partial charge in [-0.2, -0.15) is 5.26 Å². The Bertz CT molecular complexity index is 738. The van der Waals surface area contributed by atoms with E-state index in [2.05, 4.69) is 61.9 Å². The van der Waals surface area contributed by atoms with E-state index in [1.54, 1.807) is 0 Å². The summed E-state index contributed by atoms with van der Waals surface area (Å²) >= 11 is 0. The Labute approximate surface area is 133 Å². The molecule has 2 unspecified atom stereocenters. The van der Waals surface area contributed by atoms with Crippen LogP contribution in [0.3, 0.4) is 0 Å². The molecule has 1 N–H and O–H groups in total.